The number of nitrogens with zero attached hydrogens (tertiary/aromatic N) is 1. The first kappa shape index (κ1) is 25.2. The van der Waals surface area contributed by atoms with Gasteiger partial charge in [-0.3, -0.25) is 4.21 Å². The van der Waals surface area contributed by atoms with Crippen LogP contribution in [0, 0.1) is 0 Å². The Balaban J connectivity index is 0.00000392. The summed E-state index contributed by atoms with van der Waals surface area (Å²) >= 11 is 0. The van der Waals surface area contributed by atoms with E-state index < -0.39 is 22.5 Å². The maximum absolute atomic E-state index is 12.8. The third kappa shape index (κ3) is 7.88. The molecule has 4 nitrogen and oxygen atoms in total. The second-order valence-electron chi connectivity index (χ2n) is 6.69. The molecule has 1 aliphatic rings. The van der Waals surface area contributed by atoms with Gasteiger partial charge in [-0.1, -0.05) is 25.5 Å². The molecule has 0 saturated heterocycles. The van der Waals surface area contributed by atoms with Crippen LogP contribution in [0.2, 0.25) is 0 Å². The number of hydrogen-bond acceptors (Lipinski definition) is 2. The van der Waals surface area contributed by atoms with Gasteiger partial charge in [0.05, 0.1) is 12.1 Å². The van der Waals surface area contributed by atoms with Crippen molar-refractivity contribution in [2.24, 2.45) is 4.99 Å². The highest BCUT2D eigenvalue weighted by atomic mass is 127. The van der Waals surface area contributed by atoms with Gasteiger partial charge < -0.3 is 10.6 Å². The van der Waals surface area contributed by atoms with E-state index in [1.807, 2.05) is 13.8 Å². The fraction of sp³-hybridized carbons (Fsp3) is 0.632. The molecule has 3 unspecified atom stereocenters. The lowest BCUT2D eigenvalue weighted by molar-refractivity contribution is -0.137. The van der Waals surface area contributed by atoms with Crippen LogP contribution in [0.4, 0.5) is 13.2 Å². The van der Waals surface area contributed by atoms with Crippen molar-refractivity contribution in [3.63, 3.8) is 0 Å². The highest BCUT2D eigenvalue weighted by molar-refractivity contribution is 14.0. The van der Waals surface area contributed by atoms with Crippen LogP contribution in [0.5, 0.6) is 0 Å². The monoisotopic (exact) mass is 531 g/mol. The summed E-state index contributed by atoms with van der Waals surface area (Å²) in [6, 6.07) is 5.42. The van der Waals surface area contributed by atoms with E-state index in [9.17, 15) is 17.4 Å². The highest BCUT2D eigenvalue weighted by Gasteiger charge is 2.30. The number of rotatable bonds is 6. The minimum Gasteiger partial charge on any atom is -0.357 e. The van der Waals surface area contributed by atoms with Gasteiger partial charge in [-0.25, -0.2) is 4.99 Å². The number of halogens is 4. The number of benzene rings is 1. The van der Waals surface area contributed by atoms with Gasteiger partial charge in [0.2, 0.25) is 0 Å². The van der Waals surface area contributed by atoms with Gasteiger partial charge >= 0.3 is 6.18 Å². The molecule has 3 atom stereocenters. The lowest BCUT2D eigenvalue weighted by Gasteiger charge is -2.30. The molecule has 2 rings (SSSR count). The Kier molecular flexibility index (Phi) is 10.8. The molecule has 28 heavy (non-hydrogen) atoms. The molecular formula is C19H29F3IN3OS. The Hall–Kier alpha value is -0.840. The molecule has 0 heterocycles. The quantitative estimate of drug-likeness (QED) is 0.324. The second-order valence-corrected chi connectivity index (χ2v) is 8.70. The fourth-order valence-corrected chi connectivity index (χ4v) is 4.63. The van der Waals surface area contributed by atoms with Gasteiger partial charge in [-0.2, -0.15) is 13.2 Å². The van der Waals surface area contributed by atoms with Crippen LogP contribution in [-0.2, 0) is 23.5 Å². The topological polar surface area (TPSA) is 53.5 Å². The van der Waals surface area contributed by atoms with Crippen LogP contribution in [0.15, 0.2) is 29.3 Å². The Morgan fingerprint density at radius 2 is 2.04 bits per heavy atom. The van der Waals surface area contributed by atoms with Gasteiger partial charge in [-0.15, -0.1) is 24.0 Å². The molecule has 1 aliphatic carbocycles. The fourth-order valence-electron chi connectivity index (χ4n) is 3.28. The number of guanidine groups is 1. The summed E-state index contributed by atoms with van der Waals surface area (Å²) in [6.45, 7) is 4.70. The predicted octanol–water partition coefficient (Wildman–Crippen LogP) is 4.46. The SMILES string of the molecule is CCNC(=NCc1cccc(C(F)(F)F)c1)NC1CCCC(S(=O)CC)C1.I. The van der Waals surface area contributed by atoms with E-state index >= 15 is 0 Å². The molecule has 0 radical (unpaired) electrons. The first-order valence-corrected chi connectivity index (χ1v) is 10.8. The molecule has 1 fully saturated rings. The zero-order valence-corrected chi connectivity index (χ0v) is 19.4. The zero-order valence-electron chi connectivity index (χ0n) is 16.2. The van der Waals surface area contributed by atoms with Crippen molar-refractivity contribution in [1.29, 1.82) is 0 Å². The third-order valence-electron chi connectivity index (χ3n) is 4.64. The number of aliphatic imine (C=N–C) groups is 1. The van der Waals surface area contributed by atoms with E-state index in [1.165, 1.54) is 6.07 Å². The van der Waals surface area contributed by atoms with Crippen molar-refractivity contribution >= 4 is 40.7 Å². The van der Waals surface area contributed by atoms with Crippen LogP contribution in [-0.4, -0.2) is 33.8 Å². The molecule has 0 aliphatic heterocycles. The van der Waals surface area contributed by atoms with Crippen molar-refractivity contribution < 1.29 is 17.4 Å². The maximum atomic E-state index is 12.8. The van der Waals surface area contributed by atoms with Gasteiger partial charge in [-0.05, 0) is 43.9 Å². The lowest BCUT2D eigenvalue weighted by atomic mass is 9.95. The summed E-state index contributed by atoms with van der Waals surface area (Å²) < 4.78 is 50.6. The Morgan fingerprint density at radius 1 is 1.29 bits per heavy atom. The smallest absolute Gasteiger partial charge is 0.357 e. The predicted molar refractivity (Wildman–Crippen MR) is 120 cm³/mol. The summed E-state index contributed by atoms with van der Waals surface area (Å²) in [7, 11) is -0.804. The Morgan fingerprint density at radius 3 is 2.68 bits per heavy atom. The standard InChI is InChI=1S/C19H28F3N3OS.HI/c1-3-23-18(25-16-9-6-10-17(12-16)27(26)4-2)24-13-14-7-5-8-15(11-14)19(20,21)22;/h5,7-8,11,16-17H,3-4,6,9-10,12-13H2,1-2H3,(H2,23,24,25);1H. The van der Waals surface area contributed by atoms with Gasteiger partial charge in [0.25, 0.3) is 0 Å². The van der Waals surface area contributed by atoms with Crippen LogP contribution < -0.4 is 10.6 Å². The summed E-state index contributed by atoms with van der Waals surface area (Å²) in [4.78, 5) is 4.44. The third-order valence-corrected chi connectivity index (χ3v) is 6.38. The molecule has 1 aromatic carbocycles. The second kappa shape index (κ2) is 12.0. The van der Waals surface area contributed by atoms with Crippen molar-refractivity contribution in [2.45, 2.75) is 63.5 Å². The highest BCUT2D eigenvalue weighted by Crippen LogP contribution is 2.29. The molecule has 2 N–H and O–H groups in total. The van der Waals surface area contributed by atoms with Crippen molar-refractivity contribution in [3.05, 3.63) is 35.4 Å². The van der Waals surface area contributed by atoms with Crippen molar-refractivity contribution in [2.75, 3.05) is 12.3 Å². The van der Waals surface area contributed by atoms with E-state index in [0.717, 1.165) is 37.8 Å². The molecule has 9 heteroatoms. The van der Waals surface area contributed by atoms with Gasteiger partial charge in [0.15, 0.2) is 5.96 Å². The minimum atomic E-state index is -4.35. The maximum Gasteiger partial charge on any atom is 0.416 e. The van der Waals surface area contributed by atoms with Crippen molar-refractivity contribution in [3.8, 4) is 0 Å². The van der Waals surface area contributed by atoms with Crippen LogP contribution in [0.25, 0.3) is 0 Å². The number of hydrogen-bond donors (Lipinski definition) is 2. The molecule has 0 bridgehead atoms. The van der Waals surface area contributed by atoms with E-state index in [4.69, 9.17) is 0 Å². The first-order chi connectivity index (χ1) is 12.8. The first-order valence-electron chi connectivity index (χ1n) is 9.41. The average Bonchev–Trinajstić information content (AvgIpc) is 2.65. The van der Waals surface area contributed by atoms with E-state index in [1.54, 1.807) is 6.07 Å². The zero-order chi connectivity index (χ0) is 19.9. The summed E-state index contributed by atoms with van der Waals surface area (Å²) in [5.41, 5.74) is -0.152. The molecule has 0 aromatic heterocycles. The molecule has 0 amide bonds. The lowest BCUT2D eigenvalue weighted by Crippen LogP contribution is -2.46. The number of nitrogens with one attached hydrogen (secondary N) is 2. The summed E-state index contributed by atoms with van der Waals surface area (Å²) in [5, 5.41) is 6.71. The Labute approximate surface area is 184 Å². The summed E-state index contributed by atoms with van der Waals surface area (Å²) in [5.74, 6) is 1.25. The molecule has 160 valence electrons. The average molecular weight is 531 g/mol. The van der Waals surface area contributed by atoms with Crippen LogP contribution >= 0.6 is 24.0 Å². The van der Waals surface area contributed by atoms with Crippen molar-refractivity contribution in [1.82, 2.24) is 10.6 Å². The largest absolute Gasteiger partial charge is 0.416 e. The van der Waals surface area contributed by atoms with Crippen LogP contribution in [0.1, 0.15) is 50.7 Å². The minimum absolute atomic E-state index is 0. The van der Waals surface area contributed by atoms with Crippen LogP contribution in [0.3, 0.4) is 0 Å². The van der Waals surface area contributed by atoms with E-state index in [-0.39, 0.29) is 41.8 Å². The Bertz CT molecular complexity index is 670. The molecule has 1 aromatic rings. The normalized spacial score (nSPS) is 21.5. The number of alkyl halides is 3. The summed E-state index contributed by atoms with van der Waals surface area (Å²) in [6.07, 6.45) is -0.550. The van der Waals surface area contributed by atoms with E-state index in [2.05, 4.69) is 15.6 Å². The van der Waals surface area contributed by atoms with Gasteiger partial charge in [0, 0.05) is 34.4 Å². The van der Waals surface area contributed by atoms with Gasteiger partial charge in [0.1, 0.15) is 0 Å². The molecule has 1 saturated carbocycles. The molecule has 0 spiro atoms. The van der Waals surface area contributed by atoms with E-state index in [0.29, 0.717) is 23.8 Å². The molecular weight excluding hydrogens is 502 g/mol.